The normalized spacial score (nSPS) is 17.0. The third-order valence-electron chi connectivity index (χ3n) is 3.39. The lowest BCUT2D eigenvalue weighted by Crippen LogP contribution is -2.28. The molecule has 4 N–H and O–H groups in total. The zero-order valence-electron chi connectivity index (χ0n) is 10.8. The molecule has 5 nitrogen and oxygen atoms in total. The fourth-order valence-electron chi connectivity index (χ4n) is 1.99. The molecule has 1 fully saturated rings. The largest absolute Gasteiger partial charge is 0.398 e. The van der Waals surface area contributed by atoms with E-state index in [1.807, 2.05) is 0 Å². The number of nitrogens with one attached hydrogen (secondary N) is 2. The van der Waals surface area contributed by atoms with Crippen LogP contribution in [0.5, 0.6) is 0 Å². The van der Waals surface area contributed by atoms with E-state index in [0.29, 0.717) is 5.69 Å². The maximum Gasteiger partial charge on any atom is 0.398 e. The second-order valence-electron chi connectivity index (χ2n) is 4.75. The van der Waals surface area contributed by atoms with Gasteiger partial charge in [-0.15, -0.1) is 0 Å². The van der Waals surface area contributed by atoms with Crippen LogP contribution in [-0.2, 0) is 5.41 Å². The fourth-order valence-corrected chi connectivity index (χ4v) is 1.99. The van der Waals surface area contributed by atoms with Crippen molar-refractivity contribution in [2.45, 2.75) is 24.4 Å². The van der Waals surface area contributed by atoms with Crippen molar-refractivity contribution in [3.8, 4) is 6.07 Å². The molecule has 110 valence electrons. The van der Waals surface area contributed by atoms with E-state index in [0.717, 1.165) is 0 Å². The maximum absolute atomic E-state index is 13.0. The summed E-state index contributed by atoms with van der Waals surface area (Å²) >= 11 is 0. The van der Waals surface area contributed by atoms with Gasteiger partial charge in [-0.25, -0.2) is 0 Å². The number of hydrazone groups is 1. The zero-order valence-corrected chi connectivity index (χ0v) is 10.8. The van der Waals surface area contributed by atoms with Gasteiger partial charge in [-0.2, -0.15) is 23.5 Å². The number of anilines is 1. The Morgan fingerprint density at radius 3 is 2.29 bits per heavy atom. The highest BCUT2D eigenvalue weighted by Gasteiger charge is 2.64. The quantitative estimate of drug-likeness (QED) is 0.452. The third kappa shape index (κ3) is 2.81. The first-order valence-electron chi connectivity index (χ1n) is 6.05. The van der Waals surface area contributed by atoms with E-state index < -0.39 is 17.4 Å². The van der Waals surface area contributed by atoms with Crippen LogP contribution in [0.3, 0.4) is 0 Å². The summed E-state index contributed by atoms with van der Waals surface area (Å²) in [6.45, 7) is 0. The highest BCUT2D eigenvalue weighted by Crippen LogP contribution is 2.58. The number of hydrogen-bond acceptors (Lipinski definition) is 4. The molecule has 0 radical (unpaired) electrons. The summed E-state index contributed by atoms with van der Waals surface area (Å²) in [5.41, 5.74) is 6.20. The summed E-state index contributed by atoms with van der Waals surface area (Å²) in [6.07, 6.45) is -4.04. The van der Waals surface area contributed by atoms with Gasteiger partial charge in [-0.05, 0) is 30.5 Å². The molecule has 0 saturated heterocycles. The summed E-state index contributed by atoms with van der Waals surface area (Å²) in [6, 6.07) is 7.29. The molecule has 1 aromatic carbocycles. The molecular formula is C13H12F3N5. The Morgan fingerprint density at radius 1 is 1.33 bits per heavy atom. The molecule has 0 amide bonds. The topological polar surface area (TPSA) is 98.0 Å². The molecule has 21 heavy (non-hydrogen) atoms. The molecular weight excluding hydrogens is 283 g/mol. The van der Waals surface area contributed by atoms with Gasteiger partial charge in [0.2, 0.25) is 5.71 Å². The van der Waals surface area contributed by atoms with Crippen LogP contribution in [0.15, 0.2) is 29.4 Å². The zero-order chi connectivity index (χ0) is 15.7. The van der Waals surface area contributed by atoms with Gasteiger partial charge in [0.25, 0.3) is 0 Å². The van der Waals surface area contributed by atoms with E-state index in [1.165, 1.54) is 24.3 Å². The van der Waals surface area contributed by atoms with Crippen LogP contribution < -0.4 is 11.2 Å². The average Bonchev–Trinajstić information content (AvgIpc) is 3.20. The molecule has 0 atom stereocenters. The molecule has 0 heterocycles. The van der Waals surface area contributed by atoms with Crippen molar-refractivity contribution in [1.82, 2.24) is 0 Å². The smallest absolute Gasteiger partial charge is 0.382 e. The van der Waals surface area contributed by atoms with Crippen molar-refractivity contribution in [3.05, 3.63) is 29.8 Å². The van der Waals surface area contributed by atoms with Crippen LogP contribution in [0.2, 0.25) is 0 Å². The molecule has 0 unspecified atom stereocenters. The third-order valence-corrected chi connectivity index (χ3v) is 3.39. The van der Waals surface area contributed by atoms with E-state index in [-0.39, 0.29) is 24.1 Å². The Balaban J connectivity index is 2.14. The number of benzene rings is 1. The van der Waals surface area contributed by atoms with Crippen molar-refractivity contribution < 1.29 is 13.2 Å². The number of nitriles is 1. The molecule has 1 aromatic rings. The van der Waals surface area contributed by atoms with Crippen molar-refractivity contribution in [1.29, 1.82) is 10.7 Å². The van der Waals surface area contributed by atoms with Crippen molar-refractivity contribution in [2.75, 3.05) is 5.43 Å². The number of rotatable bonds is 4. The van der Waals surface area contributed by atoms with Crippen LogP contribution >= 0.6 is 0 Å². The van der Waals surface area contributed by atoms with E-state index in [4.69, 9.17) is 16.4 Å². The number of hydrogen-bond donors (Lipinski definition) is 3. The standard InChI is InChI=1S/C13H12F3N5/c14-13(15,16)12(5-6-12)8-1-3-9(4-2-8)20-21-10(7-17)11(18)19/h1-4,20H,5-6H2,(H3,18,19)/b21-10+. The van der Waals surface area contributed by atoms with Crippen LogP contribution in [0, 0.1) is 16.7 Å². The number of amidine groups is 1. The van der Waals surface area contributed by atoms with E-state index in [9.17, 15) is 13.2 Å². The molecule has 0 aromatic heterocycles. The van der Waals surface area contributed by atoms with Gasteiger partial charge in [0.15, 0.2) is 5.84 Å². The highest BCUT2D eigenvalue weighted by molar-refractivity contribution is 6.45. The first-order valence-corrected chi connectivity index (χ1v) is 6.05. The van der Waals surface area contributed by atoms with Gasteiger partial charge in [0.1, 0.15) is 6.07 Å². The van der Waals surface area contributed by atoms with Gasteiger partial charge >= 0.3 is 6.18 Å². The van der Waals surface area contributed by atoms with Crippen LogP contribution in [0.1, 0.15) is 18.4 Å². The van der Waals surface area contributed by atoms with Gasteiger partial charge in [-0.3, -0.25) is 10.8 Å². The summed E-state index contributed by atoms with van der Waals surface area (Å²) in [4.78, 5) is 0. The molecule has 1 aliphatic rings. The number of halogens is 3. The lowest BCUT2D eigenvalue weighted by atomic mass is 9.95. The van der Waals surface area contributed by atoms with Crippen LogP contribution in [-0.4, -0.2) is 17.7 Å². The molecule has 1 aliphatic carbocycles. The van der Waals surface area contributed by atoms with Gasteiger partial charge in [0, 0.05) is 0 Å². The van der Waals surface area contributed by atoms with Crippen LogP contribution in [0.25, 0.3) is 0 Å². The molecule has 1 saturated carbocycles. The second kappa shape index (κ2) is 5.09. The Hall–Kier alpha value is -2.56. The molecule has 0 bridgehead atoms. The van der Waals surface area contributed by atoms with Gasteiger partial charge in [-0.1, -0.05) is 12.1 Å². The number of nitrogens with two attached hydrogens (primary N) is 1. The fraction of sp³-hybridized carbons (Fsp3) is 0.308. The molecule has 0 aliphatic heterocycles. The monoisotopic (exact) mass is 295 g/mol. The van der Waals surface area contributed by atoms with Crippen molar-refractivity contribution in [2.24, 2.45) is 10.8 Å². The van der Waals surface area contributed by atoms with Gasteiger partial charge in [0.05, 0.1) is 11.1 Å². The van der Waals surface area contributed by atoms with E-state index in [1.54, 1.807) is 6.07 Å². The minimum atomic E-state index is -4.25. The first kappa shape index (κ1) is 14.8. The second-order valence-corrected chi connectivity index (χ2v) is 4.75. The Labute approximate surface area is 118 Å². The van der Waals surface area contributed by atoms with Crippen molar-refractivity contribution in [3.63, 3.8) is 0 Å². The predicted octanol–water partition coefficient (Wildman–Crippen LogP) is 2.51. The SMILES string of the molecule is N#C/C(=N\Nc1ccc(C2(C(F)(F)F)CC2)cc1)C(=N)N. The summed E-state index contributed by atoms with van der Waals surface area (Å²) in [5, 5.41) is 19.3. The summed E-state index contributed by atoms with van der Waals surface area (Å²) in [5.74, 6) is -0.490. The van der Waals surface area contributed by atoms with Crippen LogP contribution in [0.4, 0.5) is 18.9 Å². The lowest BCUT2D eigenvalue weighted by molar-refractivity contribution is -0.160. The Kier molecular flexibility index (Phi) is 3.60. The highest BCUT2D eigenvalue weighted by atomic mass is 19.4. The Morgan fingerprint density at radius 2 is 1.90 bits per heavy atom. The molecule has 2 rings (SSSR count). The minimum Gasteiger partial charge on any atom is -0.382 e. The number of alkyl halides is 3. The minimum absolute atomic E-state index is 0.102. The first-order chi connectivity index (χ1) is 9.80. The molecule has 8 heteroatoms. The van der Waals surface area contributed by atoms with Gasteiger partial charge < -0.3 is 5.73 Å². The molecule has 0 spiro atoms. The van der Waals surface area contributed by atoms with E-state index >= 15 is 0 Å². The van der Waals surface area contributed by atoms with E-state index in [2.05, 4.69) is 10.5 Å². The number of nitrogens with zero attached hydrogens (tertiary/aromatic N) is 2. The lowest BCUT2D eigenvalue weighted by Gasteiger charge is -2.19. The average molecular weight is 295 g/mol. The Bertz CT molecular complexity index is 621. The maximum atomic E-state index is 13.0. The summed E-state index contributed by atoms with van der Waals surface area (Å²) < 4.78 is 38.9. The summed E-state index contributed by atoms with van der Waals surface area (Å²) in [7, 11) is 0. The van der Waals surface area contributed by atoms with Crippen molar-refractivity contribution >= 4 is 17.2 Å². The predicted molar refractivity (Wildman–Crippen MR) is 72.0 cm³/mol.